The third kappa shape index (κ3) is 4.81. The van der Waals surface area contributed by atoms with Crippen LogP contribution >= 0.6 is 0 Å². The molecule has 5 nitrogen and oxygen atoms in total. The van der Waals surface area contributed by atoms with Gasteiger partial charge in [-0.25, -0.2) is 4.79 Å². The Morgan fingerprint density at radius 1 is 1.19 bits per heavy atom. The second-order valence-electron chi connectivity index (χ2n) is 5.60. The SMILES string of the molecule is COC(=O)C(N)(COCCC(C)(C)OC)c1ccccc1. The standard InChI is InChI=1S/C16H25NO4/c1-15(2,20-4)10-11-21-12-16(17,14(18)19-3)13-8-6-5-7-9-13/h5-9H,10-12,17H2,1-4H3. The molecule has 0 aromatic heterocycles. The first-order chi connectivity index (χ1) is 9.85. The summed E-state index contributed by atoms with van der Waals surface area (Å²) in [7, 11) is 2.98. The molecule has 0 bridgehead atoms. The van der Waals surface area contributed by atoms with Crippen molar-refractivity contribution in [2.75, 3.05) is 27.4 Å². The molecule has 5 heteroatoms. The molecule has 0 aliphatic carbocycles. The molecule has 0 saturated carbocycles. The fraction of sp³-hybridized carbons (Fsp3) is 0.562. The van der Waals surface area contributed by atoms with E-state index < -0.39 is 11.5 Å². The van der Waals surface area contributed by atoms with Crippen molar-refractivity contribution >= 4 is 5.97 Å². The van der Waals surface area contributed by atoms with E-state index in [9.17, 15) is 4.79 Å². The van der Waals surface area contributed by atoms with Gasteiger partial charge in [0.15, 0.2) is 5.54 Å². The van der Waals surface area contributed by atoms with Crippen LogP contribution in [0, 0.1) is 0 Å². The maximum atomic E-state index is 12.0. The first-order valence-corrected chi connectivity index (χ1v) is 6.91. The monoisotopic (exact) mass is 295 g/mol. The summed E-state index contributed by atoms with van der Waals surface area (Å²) in [6.07, 6.45) is 0.704. The van der Waals surface area contributed by atoms with Gasteiger partial charge in [-0.05, 0) is 25.8 Å². The van der Waals surface area contributed by atoms with Crippen LogP contribution in [0.1, 0.15) is 25.8 Å². The lowest BCUT2D eigenvalue weighted by atomic mass is 9.92. The lowest BCUT2D eigenvalue weighted by molar-refractivity contribution is -0.150. The zero-order valence-corrected chi connectivity index (χ0v) is 13.2. The third-order valence-electron chi connectivity index (χ3n) is 3.57. The van der Waals surface area contributed by atoms with E-state index in [4.69, 9.17) is 19.9 Å². The van der Waals surface area contributed by atoms with Gasteiger partial charge in [0.25, 0.3) is 0 Å². The number of methoxy groups -OCH3 is 2. The second kappa shape index (κ2) is 7.54. The Balaban J connectivity index is 2.70. The maximum Gasteiger partial charge on any atom is 0.332 e. The molecule has 0 radical (unpaired) electrons. The van der Waals surface area contributed by atoms with Crippen molar-refractivity contribution in [2.45, 2.75) is 31.4 Å². The van der Waals surface area contributed by atoms with Crippen LogP contribution in [-0.2, 0) is 24.5 Å². The lowest BCUT2D eigenvalue weighted by Crippen LogP contribution is -2.49. The molecule has 0 spiro atoms. The van der Waals surface area contributed by atoms with E-state index in [2.05, 4.69) is 0 Å². The normalized spacial score (nSPS) is 14.5. The van der Waals surface area contributed by atoms with Gasteiger partial charge < -0.3 is 19.9 Å². The van der Waals surface area contributed by atoms with Gasteiger partial charge in [0, 0.05) is 13.7 Å². The highest BCUT2D eigenvalue weighted by Gasteiger charge is 2.37. The molecule has 0 aliphatic heterocycles. The summed E-state index contributed by atoms with van der Waals surface area (Å²) in [4.78, 5) is 12.0. The van der Waals surface area contributed by atoms with E-state index in [1.54, 1.807) is 19.2 Å². The van der Waals surface area contributed by atoms with Crippen molar-refractivity contribution in [2.24, 2.45) is 5.73 Å². The third-order valence-corrected chi connectivity index (χ3v) is 3.57. The number of nitrogens with two attached hydrogens (primary N) is 1. The number of benzene rings is 1. The maximum absolute atomic E-state index is 12.0. The van der Waals surface area contributed by atoms with Crippen molar-refractivity contribution in [1.82, 2.24) is 0 Å². The van der Waals surface area contributed by atoms with Crippen molar-refractivity contribution < 1.29 is 19.0 Å². The molecule has 1 atom stereocenters. The van der Waals surface area contributed by atoms with E-state index in [0.29, 0.717) is 18.6 Å². The molecule has 21 heavy (non-hydrogen) atoms. The fourth-order valence-corrected chi connectivity index (χ4v) is 1.83. The smallest absolute Gasteiger partial charge is 0.332 e. The fourth-order valence-electron chi connectivity index (χ4n) is 1.83. The van der Waals surface area contributed by atoms with Gasteiger partial charge >= 0.3 is 5.97 Å². The van der Waals surface area contributed by atoms with E-state index >= 15 is 0 Å². The Kier molecular flexibility index (Phi) is 6.33. The van der Waals surface area contributed by atoms with Gasteiger partial charge in [-0.1, -0.05) is 30.3 Å². The summed E-state index contributed by atoms with van der Waals surface area (Å²) in [6.45, 7) is 4.46. The van der Waals surface area contributed by atoms with Crippen LogP contribution in [0.15, 0.2) is 30.3 Å². The number of hydrogen-bond acceptors (Lipinski definition) is 5. The minimum absolute atomic E-state index is 0.0590. The van der Waals surface area contributed by atoms with Crippen LogP contribution < -0.4 is 5.73 Å². The summed E-state index contributed by atoms with van der Waals surface area (Å²) in [6, 6.07) is 9.10. The number of carbonyl (C=O) groups excluding carboxylic acids is 1. The lowest BCUT2D eigenvalue weighted by Gasteiger charge is -2.28. The number of hydrogen-bond donors (Lipinski definition) is 1. The number of esters is 1. The Bertz CT molecular complexity index is 447. The predicted molar refractivity (Wildman–Crippen MR) is 80.8 cm³/mol. The van der Waals surface area contributed by atoms with E-state index in [1.165, 1.54) is 7.11 Å². The first-order valence-electron chi connectivity index (χ1n) is 6.91. The molecule has 1 aromatic carbocycles. The van der Waals surface area contributed by atoms with Gasteiger partial charge in [0.05, 0.1) is 19.3 Å². The Morgan fingerprint density at radius 2 is 1.81 bits per heavy atom. The van der Waals surface area contributed by atoms with E-state index in [1.807, 2.05) is 32.0 Å². The average molecular weight is 295 g/mol. The van der Waals surface area contributed by atoms with Crippen LogP contribution in [0.3, 0.4) is 0 Å². The van der Waals surface area contributed by atoms with Crippen LogP contribution in [0.4, 0.5) is 0 Å². The van der Waals surface area contributed by atoms with Gasteiger partial charge in [0.2, 0.25) is 0 Å². The zero-order valence-electron chi connectivity index (χ0n) is 13.2. The molecule has 2 N–H and O–H groups in total. The second-order valence-corrected chi connectivity index (χ2v) is 5.60. The molecule has 0 fully saturated rings. The number of ether oxygens (including phenoxy) is 3. The Morgan fingerprint density at radius 3 is 2.33 bits per heavy atom. The summed E-state index contributed by atoms with van der Waals surface area (Å²) in [5, 5.41) is 0. The quantitative estimate of drug-likeness (QED) is 0.585. The molecule has 1 unspecified atom stereocenters. The topological polar surface area (TPSA) is 70.8 Å². The first kappa shape index (κ1) is 17.6. The molecule has 118 valence electrons. The molecular formula is C16H25NO4. The molecule has 1 rings (SSSR count). The van der Waals surface area contributed by atoms with Crippen molar-refractivity contribution in [3.63, 3.8) is 0 Å². The summed E-state index contributed by atoms with van der Waals surface area (Å²) in [5.74, 6) is -0.514. The van der Waals surface area contributed by atoms with Crippen LogP contribution in [0.2, 0.25) is 0 Å². The summed E-state index contributed by atoms with van der Waals surface area (Å²) >= 11 is 0. The molecule has 0 aliphatic rings. The van der Waals surface area contributed by atoms with Crippen molar-refractivity contribution in [3.8, 4) is 0 Å². The van der Waals surface area contributed by atoms with Crippen LogP contribution in [-0.4, -0.2) is 39.0 Å². The minimum atomic E-state index is -1.30. The Labute approximate surface area is 126 Å². The van der Waals surface area contributed by atoms with Gasteiger partial charge in [-0.15, -0.1) is 0 Å². The van der Waals surface area contributed by atoms with Crippen LogP contribution in [0.25, 0.3) is 0 Å². The van der Waals surface area contributed by atoms with Gasteiger partial charge in [-0.3, -0.25) is 0 Å². The highest BCUT2D eigenvalue weighted by molar-refractivity contribution is 5.82. The Hall–Kier alpha value is -1.43. The average Bonchev–Trinajstić information content (AvgIpc) is 2.51. The van der Waals surface area contributed by atoms with Crippen LogP contribution in [0.5, 0.6) is 0 Å². The summed E-state index contributed by atoms with van der Waals surface area (Å²) in [5.41, 5.74) is 5.33. The number of rotatable bonds is 8. The summed E-state index contributed by atoms with van der Waals surface area (Å²) < 4.78 is 15.7. The minimum Gasteiger partial charge on any atom is -0.467 e. The molecule has 0 heterocycles. The predicted octanol–water partition coefficient (Wildman–Crippen LogP) is 1.85. The molecular weight excluding hydrogens is 270 g/mol. The number of carbonyl (C=O) groups is 1. The highest BCUT2D eigenvalue weighted by Crippen LogP contribution is 2.21. The molecule has 0 saturated heterocycles. The van der Waals surface area contributed by atoms with Crippen molar-refractivity contribution in [3.05, 3.63) is 35.9 Å². The largest absolute Gasteiger partial charge is 0.467 e. The van der Waals surface area contributed by atoms with Gasteiger partial charge in [0.1, 0.15) is 0 Å². The van der Waals surface area contributed by atoms with Gasteiger partial charge in [-0.2, -0.15) is 0 Å². The molecule has 0 amide bonds. The van der Waals surface area contributed by atoms with E-state index in [0.717, 1.165) is 0 Å². The van der Waals surface area contributed by atoms with E-state index in [-0.39, 0.29) is 12.2 Å². The molecule has 1 aromatic rings. The zero-order chi connectivity index (χ0) is 15.9. The highest BCUT2D eigenvalue weighted by atomic mass is 16.5. The van der Waals surface area contributed by atoms with Crippen molar-refractivity contribution in [1.29, 1.82) is 0 Å².